The molecule has 0 saturated carbocycles. The molecule has 1 aromatic carbocycles. The predicted octanol–water partition coefficient (Wildman–Crippen LogP) is 1.51. The number of amides is 1. The van der Waals surface area contributed by atoms with Crippen LogP contribution in [-0.4, -0.2) is 35.5 Å². The van der Waals surface area contributed by atoms with Crippen LogP contribution in [0.1, 0.15) is 29.3 Å². The molecule has 4 nitrogen and oxygen atoms in total. The Morgan fingerprint density at radius 1 is 1.53 bits per heavy atom. The second kappa shape index (κ2) is 5.68. The number of nitrogens with zero attached hydrogens (tertiary/aromatic N) is 1. The fraction of sp³-hybridized carbons (Fsp3) is 0.462. The maximum absolute atomic E-state index is 12.2. The highest BCUT2D eigenvalue weighted by molar-refractivity contribution is 5.96. The third kappa shape index (κ3) is 2.97. The minimum atomic E-state index is -0.0839. The molecule has 3 N–H and O–H groups in total. The molecule has 1 atom stereocenters. The van der Waals surface area contributed by atoms with Gasteiger partial charge in [0.15, 0.2) is 0 Å². The fourth-order valence-corrected chi connectivity index (χ4v) is 1.68. The number of carbonyl (C=O) groups is 1. The predicted molar refractivity (Wildman–Crippen MR) is 68.1 cm³/mol. The van der Waals surface area contributed by atoms with E-state index in [0.717, 1.165) is 6.42 Å². The third-order valence-electron chi connectivity index (χ3n) is 3.10. The smallest absolute Gasteiger partial charge is 0.254 e. The Labute approximate surface area is 102 Å². The number of phenols is 1. The molecule has 0 fully saturated rings. The number of benzene rings is 1. The molecule has 1 amide bonds. The summed E-state index contributed by atoms with van der Waals surface area (Å²) in [5, 5.41) is 9.58. The Kier molecular flexibility index (Phi) is 4.52. The molecule has 0 spiro atoms. The monoisotopic (exact) mass is 236 g/mol. The molecule has 0 bridgehead atoms. The number of carbonyl (C=O) groups excluding carboxylic acids is 1. The molecule has 0 aromatic heterocycles. The van der Waals surface area contributed by atoms with E-state index in [1.807, 2.05) is 6.92 Å². The summed E-state index contributed by atoms with van der Waals surface area (Å²) in [6.07, 6.45) is 0.764. The number of hydrogen-bond acceptors (Lipinski definition) is 3. The Morgan fingerprint density at radius 2 is 2.18 bits per heavy atom. The lowest BCUT2D eigenvalue weighted by Crippen LogP contribution is -2.36. The Morgan fingerprint density at radius 3 is 2.76 bits per heavy atom. The Hall–Kier alpha value is -1.55. The van der Waals surface area contributed by atoms with E-state index in [1.54, 1.807) is 37.1 Å². The molecule has 1 unspecified atom stereocenters. The van der Waals surface area contributed by atoms with Gasteiger partial charge >= 0.3 is 0 Å². The van der Waals surface area contributed by atoms with Crippen LogP contribution in [0.25, 0.3) is 0 Å². The normalized spacial score (nSPS) is 12.2. The first-order valence-corrected chi connectivity index (χ1v) is 5.74. The molecule has 1 aromatic rings. The van der Waals surface area contributed by atoms with Gasteiger partial charge in [0.05, 0.1) is 0 Å². The molecule has 17 heavy (non-hydrogen) atoms. The lowest BCUT2D eigenvalue weighted by atomic mass is 10.1. The van der Waals surface area contributed by atoms with E-state index in [9.17, 15) is 9.90 Å². The van der Waals surface area contributed by atoms with Gasteiger partial charge in [-0.3, -0.25) is 4.79 Å². The zero-order chi connectivity index (χ0) is 13.0. The van der Waals surface area contributed by atoms with Crippen molar-refractivity contribution in [2.24, 2.45) is 5.73 Å². The maximum Gasteiger partial charge on any atom is 0.254 e. The molecule has 0 aliphatic carbocycles. The summed E-state index contributed by atoms with van der Waals surface area (Å²) >= 11 is 0. The number of hydrogen-bond donors (Lipinski definition) is 2. The minimum Gasteiger partial charge on any atom is -0.508 e. The summed E-state index contributed by atoms with van der Waals surface area (Å²) in [6, 6.07) is 5.07. The zero-order valence-electron chi connectivity index (χ0n) is 10.6. The quantitative estimate of drug-likeness (QED) is 0.832. The Balaban J connectivity index is 2.93. The van der Waals surface area contributed by atoms with Crippen molar-refractivity contribution in [2.45, 2.75) is 26.3 Å². The highest BCUT2D eigenvalue weighted by Gasteiger charge is 2.19. The van der Waals surface area contributed by atoms with Crippen LogP contribution < -0.4 is 5.73 Å². The van der Waals surface area contributed by atoms with Crippen molar-refractivity contribution in [1.29, 1.82) is 0 Å². The van der Waals surface area contributed by atoms with Gasteiger partial charge in [-0.1, -0.05) is 6.07 Å². The number of nitrogens with two attached hydrogens (primary N) is 1. The number of phenolic OH excluding ortho intramolecular Hbond substituents is 1. The van der Waals surface area contributed by atoms with Crippen molar-refractivity contribution < 1.29 is 9.90 Å². The highest BCUT2D eigenvalue weighted by atomic mass is 16.3. The van der Waals surface area contributed by atoms with Crippen molar-refractivity contribution in [3.8, 4) is 5.75 Å². The second-order valence-electron chi connectivity index (χ2n) is 4.29. The first-order chi connectivity index (χ1) is 7.99. The number of aromatic hydroxyl groups is 1. The van der Waals surface area contributed by atoms with Gasteiger partial charge in [0.1, 0.15) is 5.75 Å². The van der Waals surface area contributed by atoms with Crippen molar-refractivity contribution >= 4 is 5.91 Å². The van der Waals surface area contributed by atoms with Crippen LogP contribution in [0.15, 0.2) is 18.2 Å². The largest absolute Gasteiger partial charge is 0.508 e. The van der Waals surface area contributed by atoms with Crippen molar-refractivity contribution in [3.63, 3.8) is 0 Å². The molecule has 94 valence electrons. The molecule has 0 aliphatic rings. The van der Waals surface area contributed by atoms with Crippen LogP contribution in [0, 0.1) is 6.92 Å². The molecular weight excluding hydrogens is 216 g/mol. The molecule has 0 aliphatic heterocycles. The Bertz CT molecular complexity index is 404. The van der Waals surface area contributed by atoms with E-state index in [1.165, 1.54) is 0 Å². The van der Waals surface area contributed by atoms with E-state index >= 15 is 0 Å². The van der Waals surface area contributed by atoms with Crippen molar-refractivity contribution in [2.75, 3.05) is 13.6 Å². The molecule has 0 radical (unpaired) electrons. The number of rotatable bonds is 4. The first kappa shape index (κ1) is 13.5. The minimum absolute atomic E-state index is 0.0839. The van der Waals surface area contributed by atoms with Gasteiger partial charge in [-0.25, -0.2) is 0 Å². The summed E-state index contributed by atoms with van der Waals surface area (Å²) in [5.41, 5.74) is 6.64. The summed E-state index contributed by atoms with van der Waals surface area (Å²) < 4.78 is 0. The average molecular weight is 236 g/mol. The van der Waals surface area contributed by atoms with Gasteiger partial charge in [0.25, 0.3) is 5.91 Å². The summed E-state index contributed by atoms with van der Waals surface area (Å²) in [4.78, 5) is 13.9. The average Bonchev–Trinajstić information content (AvgIpc) is 2.31. The van der Waals surface area contributed by atoms with E-state index in [-0.39, 0.29) is 17.7 Å². The second-order valence-corrected chi connectivity index (χ2v) is 4.29. The van der Waals surface area contributed by atoms with Gasteiger partial charge in [-0.2, -0.15) is 0 Å². The standard InChI is InChI=1S/C13H20N2O2/c1-9(7-8-14)15(3)13(17)11-5-4-6-12(16)10(11)2/h4-6,9,16H,7-8,14H2,1-3H3. The van der Waals surface area contributed by atoms with Gasteiger partial charge in [-0.05, 0) is 38.9 Å². The van der Waals surface area contributed by atoms with E-state index in [0.29, 0.717) is 17.7 Å². The van der Waals surface area contributed by atoms with Crippen molar-refractivity contribution in [1.82, 2.24) is 4.90 Å². The summed E-state index contributed by atoms with van der Waals surface area (Å²) in [5.74, 6) is 0.0649. The third-order valence-corrected chi connectivity index (χ3v) is 3.10. The summed E-state index contributed by atoms with van der Waals surface area (Å²) in [7, 11) is 1.76. The van der Waals surface area contributed by atoms with Crippen LogP contribution in [-0.2, 0) is 0 Å². The van der Waals surface area contributed by atoms with Gasteiger partial charge < -0.3 is 15.7 Å². The maximum atomic E-state index is 12.2. The van der Waals surface area contributed by atoms with E-state index in [2.05, 4.69) is 0 Å². The first-order valence-electron chi connectivity index (χ1n) is 5.74. The zero-order valence-corrected chi connectivity index (χ0v) is 10.6. The fourth-order valence-electron chi connectivity index (χ4n) is 1.68. The molecule has 0 saturated heterocycles. The van der Waals surface area contributed by atoms with Crippen molar-refractivity contribution in [3.05, 3.63) is 29.3 Å². The molecule has 4 heteroatoms. The topological polar surface area (TPSA) is 66.6 Å². The van der Waals surface area contributed by atoms with E-state index in [4.69, 9.17) is 5.73 Å². The lowest BCUT2D eigenvalue weighted by Gasteiger charge is -2.25. The van der Waals surface area contributed by atoms with Gasteiger partial charge in [-0.15, -0.1) is 0 Å². The lowest BCUT2D eigenvalue weighted by molar-refractivity contribution is 0.0738. The molecular formula is C13H20N2O2. The van der Waals surface area contributed by atoms with Crippen LogP contribution in [0.5, 0.6) is 5.75 Å². The molecule has 1 rings (SSSR count). The highest BCUT2D eigenvalue weighted by Crippen LogP contribution is 2.21. The van der Waals surface area contributed by atoms with Crippen LogP contribution >= 0.6 is 0 Å². The van der Waals surface area contributed by atoms with Crippen LogP contribution in [0.3, 0.4) is 0 Å². The van der Waals surface area contributed by atoms with Crippen LogP contribution in [0.2, 0.25) is 0 Å². The summed E-state index contributed by atoms with van der Waals surface area (Å²) in [6.45, 7) is 4.25. The van der Waals surface area contributed by atoms with Gasteiger partial charge in [0.2, 0.25) is 0 Å². The SMILES string of the molecule is Cc1c(O)cccc1C(=O)N(C)C(C)CCN. The molecule has 0 heterocycles. The van der Waals surface area contributed by atoms with Gasteiger partial charge in [0, 0.05) is 24.2 Å². The van der Waals surface area contributed by atoms with Crippen LogP contribution in [0.4, 0.5) is 0 Å². The van der Waals surface area contributed by atoms with E-state index < -0.39 is 0 Å².